The van der Waals surface area contributed by atoms with Gasteiger partial charge in [-0.05, 0) is 72.7 Å². The lowest BCUT2D eigenvalue weighted by Crippen LogP contribution is -2.33. The first kappa shape index (κ1) is 16.3. The van der Waals surface area contributed by atoms with Gasteiger partial charge in [-0.25, -0.2) is 9.89 Å². The molecule has 0 radical (unpaired) electrons. The number of rotatable bonds is 4. The number of hydrogen-bond donors (Lipinski definition) is 2. The normalized spacial score (nSPS) is 22.7. The zero-order valence-corrected chi connectivity index (χ0v) is 14.5. The third-order valence-corrected chi connectivity index (χ3v) is 5.06. The molecular formula is C16H20BrN3O3. The van der Waals surface area contributed by atoms with Gasteiger partial charge in [0.2, 0.25) is 5.89 Å². The highest BCUT2D eigenvalue weighted by atomic mass is 79.9. The van der Waals surface area contributed by atoms with Crippen LogP contribution < -0.4 is 16.2 Å². The van der Waals surface area contributed by atoms with Gasteiger partial charge < -0.3 is 14.9 Å². The largest absolute Gasteiger partial charge is 0.489 e. The first-order valence-electron chi connectivity index (χ1n) is 7.80. The Kier molecular flexibility index (Phi) is 4.87. The Balaban J connectivity index is 1.75. The van der Waals surface area contributed by atoms with Crippen LogP contribution in [0.2, 0.25) is 0 Å². The Morgan fingerprint density at radius 1 is 1.39 bits per heavy atom. The Labute approximate surface area is 142 Å². The first-order valence-corrected chi connectivity index (χ1v) is 8.60. The van der Waals surface area contributed by atoms with E-state index in [-0.39, 0.29) is 12.0 Å². The summed E-state index contributed by atoms with van der Waals surface area (Å²) in [7, 11) is 0. The lowest BCUT2D eigenvalue weighted by Gasteiger charge is -2.31. The summed E-state index contributed by atoms with van der Waals surface area (Å²) in [6, 6.07) is 5.84. The third kappa shape index (κ3) is 3.84. The van der Waals surface area contributed by atoms with Crippen LogP contribution in [0.4, 0.5) is 0 Å². The van der Waals surface area contributed by atoms with Crippen molar-refractivity contribution in [2.24, 2.45) is 11.7 Å². The summed E-state index contributed by atoms with van der Waals surface area (Å²) in [6.07, 6.45) is 4.39. The maximum atomic E-state index is 11.1. The number of nitrogens with zero attached hydrogens (tertiary/aromatic N) is 1. The molecule has 1 fully saturated rings. The molecule has 7 heteroatoms. The summed E-state index contributed by atoms with van der Waals surface area (Å²) >= 11 is 3.50. The zero-order valence-electron chi connectivity index (χ0n) is 12.9. The number of H-pyrrole nitrogens is 1. The van der Waals surface area contributed by atoms with Gasteiger partial charge in [-0.15, -0.1) is 5.10 Å². The molecule has 1 unspecified atom stereocenters. The van der Waals surface area contributed by atoms with E-state index in [1.54, 1.807) is 0 Å². The van der Waals surface area contributed by atoms with E-state index in [0.717, 1.165) is 35.9 Å². The summed E-state index contributed by atoms with van der Waals surface area (Å²) in [5.74, 6) is 0.908. The number of aromatic nitrogens is 2. The molecule has 0 bridgehead atoms. The molecule has 0 saturated heterocycles. The fraction of sp³-hybridized carbons (Fsp3) is 0.500. The molecule has 3 N–H and O–H groups in total. The van der Waals surface area contributed by atoms with Crippen molar-refractivity contribution in [2.45, 2.75) is 44.8 Å². The zero-order chi connectivity index (χ0) is 16.4. The molecule has 0 aliphatic heterocycles. The number of halogens is 1. The first-order chi connectivity index (χ1) is 11.0. The number of benzene rings is 1. The predicted molar refractivity (Wildman–Crippen MR) is 90.3 cm³/mol. The molecule has 6 nitrogen and oxygen atoms in total. The lowest BCUT2D eigenvalue weighted by molar-refractivity contribution is 0.118. The fourth-order valence-electron chi connectivity index (χ4n) is 2.99. The topological polar surface area (TPSA) is 94.1 Å². The van der Waals surface area contributed by atoms with Crippen molar-refractivity contribution in [1.82, 2.24) is 10.2 Å². The summed E-state index contributed by atoms with van der Waals surface area (Å²) < 4.78 is 12.0. The third-order valence-electron chi connectivity index (χ3n) is 4.41. The number of hydrogen-bond acceptors (Lipinski definition) is 5. The molecule has 1 aromatic carbocycles. The summed E-state index contributed by atoms with van der Waals surface area (Å²) in [5.41, 5.74) is 6.66. The highest BCUT2D eigenvalue weighted by molar-refractivity contribution is 9.10. The molecule has 1 saturated carbocycles. The highest BCUT2D eigenvalue weighted by Gasteiger charge is 2.25. The van der Waals surface area contributed by atoms with Crippen molar-refractivity contribution in [1.29, 1.82) is 0 Å². The Morgan fingerprint density at radius 2 is 2.13 bits per heavy atom. The van der Waals surface area contributed by atoms with Gasteiger partial charge in [-0.1, -0.05) is 0 Å². The van der Waals surface area contributed by atoms with E-state index in [2.05, 4.69) is 33.1 Å². The molecule has 124 valence electrons. The average Bonchev–Trinajstić information content (AvgIpc) is 2.96. The molecule has 1 heterocycles. The van der Waals surface area contributed by atoms with Gasteiger partial charge >= 0.3 is 5.76 Å². The predicted octanol–water partition coefficient (Wildman–Crippen LogP) is 3.08. The molecule has 2 aromatic rings. The summed E-state index contributed by atoms with van der Waals surface area (Å²) in [4.78, 5) is 11.1. The van der Waals surface area contributed by atoms with Gasteiger partial charge in [0.25, 0.3) is 0 Å². The monoisotopic (exact) mass is 381 g/mol. The second-order valence-corrected chi connectivity index (χ2v) is 6.92. The van der Waals surface area contributed by atoms with Crippen molar-refractivity contribution in [3.8, 4) is 17.2 Å². The second-order valence-electron chi connectivity index (χ2n) is 6.06. The quantitative estimate of drug-likeness (QED) is 0.848. The van der Waals surface area contributed by atoms with Crippen LogP contribution in [-0.4, -0.2) is 22.3 Å². The summed E-state index contributed by atoms with van der Waals surface area (Å²) in [5, 5.41) is 6.11. The van der Waals surface area contributed by atoms with Crippen LogP contribution in [0.1, 0.15) is 32.6 Å². The van der Waals surface area contributed by atoms with Gasteiger partial charge in [0, 0.05) is 11.6 Å². The van der Waals surface area contributed by atoms with Gasteiger partial charge in [-0.3, -0.25) is 0 Å². The van der Waals surface area contributed by atoms with Crippen molar-refractivity contribution < 1.29 is 9.15 Å². The number of ether oxygens (including phenoxy) is 1. The number of nitrogens with one attached hydrogen (secondary N) is 1. The SMILES string of the molecule is CC(Oc1cc(-c2n[nH]c(=O)o2)ccc1Br)C1CCC(N)CC1. The van der Waals surface area contributed by atoms with Crippen LogP contribution in [0, 0.1) is 5.92 Å². The van der Waals surface area contributed by atoms with Gasteiger partial charge in [0.05, 0.1) is 10.6 Å². The van der Waals surface area contributed by atoms with Crippen LogP contribution in [0.25, 0.3) is 11.5 Å². The molecule has 23 heavy (non-hydrogen) atoms. The standard InChI is InChI=1S/C16H20BrN3O3/c1-9(10-2-5-12(18)6-3-10)22-14-8-11(4-7-13(14)17)15-19-20-16(21)23-15/h4,7-10,12H,2-3,5-6,18H2,1H3,(H,20,21). The molecule has 0 spiro atoms. The molecule has 1 atom stereocenters. The van der Waals surface area contributed by atoms with Crippen molar-refractivity contribution in [2.75, 3.05) is 0 Å². The number of aromatic amines is 1. The molecule has 1 aliphatic carbocycles. The van der Waals surface area contributed by atoms with Crippen LogP contribution in [0.5, 0.6) is 5.75 Å². The van der Waals surface area contributed by atoms with E-state index in [9.17, 15) is 4.79 Å². The summed E-state index contributed by atoms with van der Waals surface area (Å²) in [6.45, 7) is 2.09. The Morgan fingerprint density at radius 3 is 2.78 bits per heavy atom. The lowest BCUT2D eigenvalue weighted by atomic mass is 9.83. The minimum absolute atomic E-state index is 0.0974. The average molecular weight is 382 g/mol. The highest BCUT2D eigenvalue weighted by Crippen LogP contribution is 2.34. The van der Waals surface area contributed by atoms with Crippen molar-refractivity contribution >= 4 is 15.9 Å². The van der Waals surface area contributed by atoms with E-state index in [4.69, 9.17) is 14.9 Å². The fourth-order valence-corrected chi connectivity index (χ4v) is 3.33. The maximum Gasteiger partial charge on any atom is 0.434 e. The van der Waals surface area contributed by atoms with E-state index in [0.29, 0.717) is 17.5 Å². The number of nitrogens with two attached hydrogens (primary N) is 1. The molecule has 1 aromatic heterocycles. The van der Waals surface area contributed by atoms with Gasteiger partial charge in [-0.2, -0.15) is 0 Å². The van der Waals surface area contributed by atoms with Crippen LogP contribution >= 0.6 is 15.9 Å². The van der Waals surface area contributed by atoms with Gasteiger partial charge in [0.15, 0.2) is 0 Å². The van der Waals surface area contributed by atoms with Crippen LogP contribution in [0.15, 0.2) is 31.9 Å². The molecule has 1 aliphatic rings. The van der Waals surface area contributed by atoms with E-state index in [1.165, 1.54) is 0 Å². The van der Waals surface area contributed by atoms with Crippen LogP contribution in [-0.2, 0) is 0 Å². The smallest absolute Gasteiger partial charge is 0.434 e. The second kappa shape index (κ2) is 6.88. The minimum atomic E-state index is -0.572. The molecule has 0 amide bonds. The molecule has 3 rings (SSSR count). The van der Waals surface area contributed by atoms with Crippen molar-refractivity contribution in [3.63, 3.8) is 0 Å². The van der Waals surface area contributed by atoms with Crippen LogP contribution in [0.3, 0.4) is 0 Å². The Hall–Kier alpha value is -1.60. The van der Waals surface area contributed by atoms with E-state index < -0.39 is 5.76 Å². The van der Waals surface area contributed by atoms with E-state index >= 15 is 0 Å². The van der Waals surface area contributed by atoms with Gasteiger partial charge in [0.1, 0.15) is 5.75 Å². The molecular weight excluding hydrogens is 362 g/mol. The minimum Gasteiger partial charge on any atom is -0.489 e. The Bertz CT molecular complexity index is 719. The van der Waals surface area contributed by atoms with E-state index in [1.807, 2.05) is 18.2 Å². The van der Waals surface area contributed by atoms with Crippen molar-refractivity contribution in [3.05, 3.63) is 33.2 Å². The maximum absolute atomic E-state index is 11.1.